The van der Waals surface area contributed by atoms with Gasteiger partial charge in [-0.1, -0.05) is 12.1 Å². The molecule has 0 aliphatic carbocycles. The van der Waals surface area contributed by atoms with Crippen molar-refractivity contribution in [2.24, 2.45) is 0 Å². The van der Waals surface area contributed by atoms with Crippen LogP contribution in [0.1, 0.15) is 0 Å². The topological polar surface area (TPSA) is 9.23 Å². The molecule has 0 N–H and O–H groups in total. The van der Waals surface area contributed by atoms with Gasteiger partial charge >= 0.3 is 0 Å². The van der Waals surface area contributed by atoms with E-state index in [1.54, 1.807) is 11.8 Å². The zero-order chi connectivity index (χ0) is 7.40. The van der Waals surface area contributed by atoms with Gasteiger partial charge < -0.3 is 4.29 Å². The van der Waals surface area contributed by atoms with Gasteiger partial charge in [-0.15, -0.1) is 11.8 Å². The smallest absolute Gasteiger partial charge is 0.159 e. The standard InChI is InChI=1S/C7H7ClOS/c1-10-7-5-3-2-4-6(7)9-8/h2-5H,1H3. The first-order valence-electron chi connectivity index (χ1n) is 2.80. The molecule has 1 aromatic carbocycles. The van der Waals surface area contributed by atoms with E-state index in [1.165, 1.54) is 0 Å². The van der Waals surface area contributed by atoms with Crippen LogP contribution in [0.5, 0.6) is 5.75 Å². The van der Waals surface area contributed by atoms with Gasteiger partial charge in [-0.3, -0.25) is 0 Å². The maximum Gasteiger partial charge on any atom is 0.159 e. The van der Waals surface area contributed by atoms with Gasteiger partial charge in [0.15, 0.2) is 5.75 Å². The van der Waals surface area contributed by atoms with Crippen molar-refractivity contribution in [1.29, 1.82) is 0 Å². The quantitative estimate of drug-likeness (QED) is 0.638. The summed E-state index contributed by atoms with van der Waals surface area (Å²) >= 11 is 6.81. The van der Waals surface area contributed by atoms with Crippen LogP contribution in [0.4, 0.5) is 0 Å². The monoisotopic (exact) mass is 174 g/mol. The molecule has 0 saturated carbocycles. The van der Waals surface area contributed by atoms with Crippen LogP contribution in [-0.2, 0) is 0 Å². The lowest BCUT2D eigenvalue weighted by molar-refractivity contribution is 0.603. The van der Waals surface area contributed by atoms with Gasteiger partial charge in [0.05, 0.1) is 4.90 Å². The average molecular weight is 175 g/mol. The average Bonchev–Trinajstić information content (AvgIpc) is 2.04. The van der Waals surface area contributed by atoms with Crippen molar-refractivity contribution in [3.63, 3.8) is 0 Å². The summed E-state index contributed by atoms with van der Waals surface area (Å²) in [4.78, 5) is 1.05. The van der Waals surface area contributed by atoms with Crippen LogP contribution >= 0.6 is 23.6 Å². The molecule has 0 atom stereocenters. The minimum absolute atomic E-state index is 0.719. The molecule has 0 aliphatic rings. The molecule has 0 fully saturated rings. The fraction of sp³-hybridized carbons (Fsp3) is 0.143. The molecule has 1 nitrogen and oxygen atoms in total. The van der Waals surface area contributed by atoms with Crippen molar-refractivity contribution in [2.45, 2.75) is 4.90 Å². The van der Waals surface area contributed by atoms with Gasteiger partial charge in [-0.25, -0.2) is 0 Å². The zero-order valence-corrected chi connectivity index (χ0v) is 7.08. The molecule has 1 aromatic rings. The lowest BCUT2D eigenvalue weighted by atomic mass is 10.3. The normalized spacial score (nSPS) is 9.40. The Bertz CT molecular complexity index is 192. The molecule has 0 aliphatic heterocycles. The largest absolute Gasteiger partial charge is 0.384 e. The van der Waals surface area contributed by atoms with Crippen LogP contribution in [0.15, 0.2) is 29.2 Å². The van der Waals surface area contributed by atoms with Crippen LogP contribution < -0.4 is 4.29 Å². The van der Waals surface area contributed by atoms with E-state index >= 15 is 0 Å². The summed E-state index contributed by atoms with van der Waals surface area (Å²) in [6.45, 7) is 0. The van der Waals surface area contributed by atoms with Crippen molar-refractivity contribution in [3.05, 3.63) is 24.3 Å². The first-order valence-corrected chi connectivity index (χ1v) is 4.33. The molecule has 0 radical (unpaired) electrons. The summed E-state index contributed by atoms with van der Waals surface area (Å²) in [6, 6.07) is 7.63. The summed E-state index contributed by atoms with van der Waals surface area (Å²) in [5.41, 5.74) is 0. The first-order chi connectivity index (χ1) is 4.88. The summed E-state index contributed by atoms with van der Waals surface area (Å²) < 4.78 is 4.59. The number of thioether (sulfide) groups is 1. The molecule has 0 heterocycles. The van der Waals surface area contributed by atoms with Crippen molar-refractivity contribution in [1.82, 2.24) is 0 Å². The van der Waals surface area contributed by atoms with Crippen LogP contribution in [0, 0.1) is 0 Å². The highest BCUT2D eigenvalue weighted by molar-refractivity contribution is 7.98. The van der Waals surface area contributed by atoms with E-state index in [0.29, 0.717) is 0 Å². The van der Waals surface area contributed by atoms with E-state index in [0.717, 1.165) is 10.6 Å². The SMILES string of the molecule is CSc1ccccc1OCl. The Morgan fingerprint density at radius 2 is 2.10 bits per heavy atom. The second-order valence-corrected chi connectivity index (χ2v) is 2.73. The van der Waals surface area contributed by atoms with Gasteiger partial charge in [0.25, 0.3) is 0 Å². The molecule has 0 unspecified atom stereocenters. The van der Waals surface area contributed by atoms with Crippen LogP contribution in [-0.4, -0.2) is 6.26 Å². The van der Waals surface area contributed by atoms with Gasteiger partial charge in [0.1, 0.15) is 11.9 Å². The zero-order valence-electron chi connectivity index (χ0n) is 5.50. The van der Waals surface area contributed by atoms with E-state index in [2.05, 4.69) is 4.29 Å². The summed E-state index contributed by atoms with van der Waals surface area (Å²) in [5.74, 6) is 0.719. The number of hydrogen-bond acceptors (Lipinski definition) is 2. The third kappa shape index (κ3) is 1.58. The Balaban J connectivity index is 2.96. The van der Waals surface area contributed by atoms with Crippen LogP contribution in [0.3, 0.4) is 0 Å². The second kappa shape index (κ2) is 3.74. The van der Waals surface area contributed by atoms with Gasteiger partial charge in [0, 0.05) is 0 Å². The fourth-order valence-corrected chi connectivity index (χ4v) is 1.39. The van der Waals surface area contributed by atoms with Gasteiger partial charge in [-0.2, -0.15) is 0 Å². The molecule has 1 rings (SSSR count). The molecule has 0 spiro atoms. The van der Waals surface area contributed by atoms with Crippen molar-refractivity contribution < 1.29 is 4.29 Å². The highest BCUT2D eigenvalue weighted by atomic mass is 35.5. The molecule has 10 heavy (non-hydrogen) atoms. The maximum absolute atomic E-state index is 5.20. The Morgan fingerprint density at radius 1 is 1.40 bits per heavy atom. The van der Waals surface area contributed by atoms with Gasteiger partial charge in [0.2, 0.25) is 0 Å². The highest BCUT2D eigenvalue weighted by Crippen LogP contribution is 2.27. The van der Waals surface area contributed by atoms with E-state index in [9.17, 15) is 0 Å². The minimum atomic E-state index is 0.719. The molecule has 0 amide bonds. The number of halogens is 1. The van der Waals surface area contributed by atoms with Crippen molar-refractivity contribution >= 4 is 23.6 Å². The Kier molecular flexibility index (Phi) is 2.90. The Hall–Kier alpha value is -0.340. The van der Waals surface area contributed by atoms with E-state index in [-0.39, 0.29) is 0 Å². The third-order valence-corrected chi connectivity index (χ3v) is 2.10. The molecular formula is C7H7ClOS. The summed E-state index contributed by atoms with van der Waals surface area (Å²) in [6.07, 6.45) is 1.98. The Labute approximate surface area is 69.5 Å². The fourth-order valence-electron chi connectivity index (χ4n) is 0.683. The molecule has 3 heteroatoms. The lowest BCUT2D eigenvalue weighted by Gasteiger charge is -2.00. The van der Waals surface area contributed by atoms with Crippen molar-refractivity contribution in [3.8, 4) is 5.75 Å². The van der Waals surface area contributed by atoms with E-state index < -0.39 is 0 Å². The van der Waals surface area contributed by atoms with Crippen molar-refractivity contribution in [2.75, 3.05) is 6.26 Å². The summed E-state index contributed by atoms with van der Waals surface area (Å²) in [7, 11) is 0. The van der Waals surface area contributed by atoms with Gasteiger partial charge in [-0.05, 0) is 18.4 Å². The second-order valence-electron chi connectivity index (χ2n) is 1.73. The van der Waals surface area contributed by atoms with E-state index in [4.69, 9.17) is 11.9 Å². The van der Waals surface area contributed by atoms with Crippen LogP contribution in [0.2, 0.25) is 0 Å². The molecular weight excluding hydrogens is 168 g/mol. The lowest BCUT2D eigenvalue weighted by Crippen LogP contribution is -1.77. The number of hydrogen-bond donors (Lipinski definition) is 0. The number of benzene rings is 1. The Morgan fingerprint density at radius 3 is 2.60 bits per heavy atom. The number of rotatable bonds is 2. The predicted molar refractivity (Wildman–Crippen MR) is 44.7 cm³/mol. The van der Waals surface area contributed by atoms with E-state index in [1.807, 2.05) is 30.5 Å². The number of para-hydroxylation sites is 1. The predicted octanol–water partition coefficient (Wildman–Crippen LogP) is 2.94. The summed E-state index contributed by atoms with van der Waals surface area (Å²) in [5, 5.41) is 0. The third-order valence-electron chi connectivity index (χ3n) is 1.15. The first kappa shape index (κ1) is 7.76. The van der Waals surface area contributed by atoms with Crippen LogP contribution in [0.25, 0.3) is 0 Å². The molecule has 0 aromatic heterocycles. The molecule has 0 saturated heterocycles. The maximum atomic E-state index is 5.20. The highest BCUT2D eigenvalue weighted by Gasteiger charge is 1.98. The molecule has 54 valence electrons. The molecule has 0 bridgehead atoms. The minimum Gasteiger partial charge on any atom is -0.384 e.